The molecule has 0 amide bonds. The van der Waals surface area contributed by atoms with Gasteiger partial charge in [0.2, 0.25) is 10.0 Å². The highest BCUT2D eigenvalue weighted by Crippen LogP contribution is 2.12. The van der Waals surface area contributed by atoms with Gasteiger partial charge in [-0.05, 0) is 18.4 Å². The van der Waals surface area contributed by atoms with Crippen molar-refractivity contribution in [3.63, 3.8) is 0 Å². The van der Waals surface area contributed by atoms with Gasteiger partial charge in [-0.15, -0.1) is 0 Å². The summed E-state index contributed by atoms with van der Waals surface area (Å²) in [5.74, 6) is -1.12. The molecule has 0 saturated heterocycles. The van der Waals surface area contributed by atoms with Crippen LogP contribution in [0.1, 0.15) is 20.3 Å². The first-order valence-corrected chi connectivity index (χ1v) is 6.58. The van der Waals surface area contributed by atoms with Gasteiger partial charge in [0.25, 0.3) is 0 Å². The average Bonchev–Trinajstić information content (AvgIpc) is 2.68. The number of rotatable bonds is 6. The van der Waals surface area contributed by atoms with E-state index in [2.05, 4.69) is 9.14 Å². The lowest BCUT2D eigenvalue weighted by molar-refractivity contribution is -0.139. The number of furan rings is 1. The molecular weight excluding hydrogens is 246 g/mol. The molecule has 17 heavy (non-hydrogen) atoms. The lowest BCUT2D eigenvalue weighted by Gasteiger charge is -2.15. The third kappa shape index (κ3) is 3.86. The van der Waals surface area contributed by atoms with E-state index in [1.54, 1.807) is 0 Å². The molecule has 96 valence electrons. The zero-order chi connectivity index (χ0) is 13.1. The summed E-state index contributed by atoms with van der Waals surface area (Å²) in [5, 5.41) is 8.93. The van der Waals surface area contributed by atoms with Crippen LogP contribution in [-0.4, -0.2) is 25.5 Å². The van der Waals surface area contributed by atoms with Gasteiger partial charge < -0.3 is 9.52 Å². The second-order valence-corrected chi connectivity index (χ2v) is 5.81. The molecule has 0 aromatic carbocycles. The number of carbonyl (C=O) groups is 1. The molecular formula is C10H15NO5S. The highest BCUT2D eigenvalue weighted by Gasteiger charge is 2.26. The van der Waals surface area contributed by atoms with Crippen LogP contribution in [0.5, 0.6) is 0 Å². The van der Waals surface area contributed by atoms with Crippen molar-refractivity contribution in [1.29, 1.82) is 0 Å². The van der Waals surface area contributed by atoms with E-state index in [1.165, 1.54) is 12.3 Å². The Morgan fingerprint density at radius 3 is 2.59 bits per heavy atom. The van der Waals surface area contributed by atoms with E-state index in [1.807, 2.05) is 13.8 Å². The van der Waals surface area contributed by atoms with Crippen molar-refractivity contribution < 1.29 is 22.7 Å². The molecule has 7 heteroatoms. The maximum atomic E-state index is 11.8. The van der Waals surface area contributed by atoms with Crippen LogP contribution in [0.2, 0.25) is 0 Å². The Hall–Kier alpha value is -1.34. The van der Waals surface area contributed by atoms with Crippen LogP contribution in [0.3, 0.4) is 0 Å². The second-order valence-electron chi connectivity index (χ2n) is 4.10. The zero-order valence-corrected chi connectivity index (χ0v) is 10.4. The van der Waals surface area contributed by atoms with Crippen molar-refractivity contribution in [3.05, 3.63) is 18.6 Å². The largest absolute Gasteiger partial charge is 0.480 e. The SMILES string of the molecule is CC(C)C[C@@H](NS(=O)(=O)c1ccoc1)C(=O)O. The third-order valence-corrected chi connectivity index (χ3v) is 3.56. The van der Waals surface area contributed by atoms with Crippen LogP contribution in [0.15, 0.2) is 27.9 Å². The van der Waals surface area contributed by atoms with E-state index in [0.29, 0.717) is 0 Å². The number of nitrogens with one attached hydrogen (secondary N) is 1. The molecule has 0 unspecified atom stereocenters. The molecule has 0 fully saturated rings. The molecule has 1 aromatic rings. The van der Waals surface area contributed by atoms with Gasteiger partial charge >= 0.3 is 5.97 Å². The maximum Gasteiger partial charge on any atom is 0.321 e. The summed E-state index contributed by atoms with van der Waals surface area (Å²) >= 11 is 0. The topological polar surface area (TPSA) is 96.6 Å². The minimum atomic E-state index is -3.83. The zero-order valence-electron chi connectivity index (χ0n) is 9.58. The molecule has 0 aliphatic rings. The Morgan fingerprint density at radius 2 is 2.18 bits per heavy atom. The van der Waals surface area contributed by atoms with Crippen molar-refractivity contribution in [3.8, 4) is 0 Å². The summed E-state index contributed by atoms with van der Waals surface area (Å²) in [4.78, 5) is 10.9. The Morgan fingerprint density at radius 1 is 1.53 bits per heavy atom. The third-order valence-electron chi connectivity index (χ3n) is 2.11. The molecule has 1 rings (SSSR count). The molecule has 0 saturated carbocycles. The van der Waals surface area contributed by atoms with Crippen molar-refractivity contribution in [1.82, 2.24) is 4.72 Å². The predicted octanol–water partition coefficient (Wildman–Crippen LogP) is 1.06. The Kier molecular flexibility index (Phi) is 4.30. The molecule has 2 N–H and O–H groups in total. The lowest BCUT2D eigenvalue weighted by Crippen LogP contribution is -2.41. The minimum Gasteiger partial charge on any atom is -0.480 e. The van der Waals surface area contributed by atoms with Gasteiger partial charge in [0.1, 0.15) is 17.2 Å². The maximum absolute atomic E-state index is 11.8. The standard InChI is InChI=1S/C10H15NO5S/c1-7(2)5-9(10(12)13)11-17(14,15)8-3-4-16-6-8/h3-4,6-7,9,11H,5H2,1-2H3,(H,12,13)/t9-/m1/s1. The lowest BCUT2D eigenvalue weighted by atomic mass is 10.1. The average molecular weight is 261 g/mol. The fourth-order valence-corrected chi connectivity index (χ4v) is 2.46. The van der Waals surface area contributed by atoms with Crippen LogP contribution in [-0.2, 0) is 14.8 Å². The van der Waals surface area contributed by atoms with Crippen LogP contribution >= 0.6 is 0 Å². The summed E-state index contributed by atoms with van der Waals surface area (Å²) in [5.41, 5.74) is 0. The van der Waals surface area contributed by atoms with Gasteiger partial charge in [0.15, 0.2) is 0 Å². The Balaban J connectivity index is 2.84. The van der Waals surface area contributed by atoms with E-state index in [4.69, 9.17) is 5.11 Å². The molecule has 1 heterocycles. The van der Waals surface area contributed by atoms with Crippen LogP contribution in [0, 0.1) is 5.92 Å². The first-order valence-electron chi connectivity index (χ1n) is 5.10. The summed E-state index contributed by atoms with van der Waals surface area (Å²) in [6, 6.07) is 0.131. The van der Waals surface area contributed by atoms with Crippen LogP contribution < -0.4 is 4.72 Å². The molecule has 6 nitrogen and oxygen atoms in total. The number of sulfonamides is 1. The number of hydrogen-bond acceptors (Lipinski definition) is 4. The first-order chi connectivity index (χ1) is 7.83. The molecule has 0 aliphatic carbocycles. The smallest absolute Gasteiger partial charge is 0.321 e. The van der Waals surface area contributed by atoms with Crippen molar-refractivity contribution >= 4 is 16.0 Å². The first kappa shape index (κ1) is 13.7. The number of carboxylic acid groups (broad SMARTS) is 1. The van der Waals surface area contributed by atoms with Crippen LogP contribution in [0.4, 0.5) is 0 Å². The summed E-state index contributed by atoms with van der Waals surface area (Å²) in [6.07, 6.45) is 2.50. The molecule has 0 spiro atoms. The fourth-order valence-electron chi connectivity index (χ4n) is 1.33. The molecule has 0 radical (unpaired) electrons. The molecule has 0 aliphatic heterocycles. The Bertz CT molecular complexity index is 463. The quantitative estimate of drug-likeness (QED) is 0.798. The Labute approximate surface area is 99.7 Å². The van der Waals surface area contributed by atoms with Gasteiger partial charge in [-0.1, -0.05) is 13.8 Å². The predicted molar refractivity (Wildman–Crippen MR) is 59.9 cm³/mol. The van der Waals surface area contributed by atoms with Crippen LogP contribution in [0.25, 0.3) is 0 Å². The van der Waals surface area contributed by atoms with E-state index in [-0.39, 0.29) is 17.2 Å². The monoisotopic (exact) mass is 261 g/mol. The minimum absolute atomic E-state index is 0.0724. The number of carboxylic acids is 1. The van der Waals surface area contributed by atoms with Gasteiger partial charge in [0, 0.05) is 0 Å². The van der Waals surface area contributed by atoms with Crippen molar-refractivity contribution in [2.45, 2.75) is 31.2 Å². The highest BCUT2D eigenvalue weighted by molar-refractivity contribution is 7.89. The van der Waals surface area contributed by atoms with Gasteiger partial charge in [0.05, 0.1) is 6.26 Å². The van der Waals surface area contributed by atoms with Gasteiger partial charge in [-0.2, -0.15) is 4.72 Å². The van der Waals surface area contributed by atoms with E-state index in [0.717, 1.165) is 6.26 Å². The van der Waals surface area contributed by atoms with Gasteiger partial charge in [-0.3, -0.25) is 4.79 Å². The van der Waals surface area contributed by atoms with Gasteiger partial charge in [-0.25, -0.2) is 8.42 Å². The fraction of sp³-hybridized carbons (Fsp3) is 0.500. The summed E-state index contributed by atoms with van der Waals surface area (Å²) in [7, 11) is -3.83. The summed E-state index contributed by atoms with van der Waals surface area (Å²) < 4.78 is 30.3. The van der Waals surface area contributed by atoms with Crippen molar-refractivity contribution in [2.75, 3.05) is 0 Å². The molecule has 0 bridgehead atoms. The van der Waals surface area contributed by atoms with E-state index < -0.39 is 22.0 Å². The molecule has 1 aromatic heterocycles. The van der Waals surface area contributed by atoms with E-state index >= 15 is 0 Å². The highest BCUT2D eigenvalue weighted by atomic mass is 32.2. The summed E-state index contributed by atoms with van der Waals surface area (Å²) in [6.45, 7) is 3.64. The molecule has 1 atom stereocenters. The normalized spacial score (nSPS) is 13.8. The second kappa shape index (κ2) is 5.33. The van der Waals surface area contributed by atoms with E-state index in [9.17, 15) is 13.2 Å². The van der Waals surface area contributed by atoms with Crippen molar-refractivity contribution in [2.24, 2.45) is 5.92 Å². The number of aliphatic carboxylic acids is 1. The number of hydrogen-bond donors (Lipinski definition) is 2.